The van der Waals surface area contributed by atoms with Crippen molar-refractivity contribution >= 4 is 30.1 Å². The lowest BCUT2D eigenvalue weighted by atomic mass is 9.98. The highest BCUT2D eigenvalue weighted by Crippen LogP contribution is 2.36. The van der Waals surface area contributed by atoms with Gasteiger partial charge >= 0.3 is 5.97 Å². The van der Waals surface area contributed by atoms with E-state index < -0.39 is 5.97 Å². The molecule has 1 fully saturated rings. The van der Waals surface area contributed by atoms with Crippen molar-refractivity contribution in [3.63, 3.8) is 0 Å². The minimum absolute atomic E-state index is 0. The van der Waals surface area contributed by atoms with E-state index in [2.05, 4.69) is 67.3 Å². The molecular weight excluding hydrogens is 402 g/mol. The normalized spacial score (nSPS) is 17.1. The van der Waals surface area contributed by atoms with Gasteiger partial charge in [-0.05, 0) is 63.1 Å². The molecular formula is C24H32ClNO2S. The number of carboxylic acids is 1. The van der Waals surface area contributed by atoms with Gasteiger partial charge in [0, 0.05) is 6.54 Å². The predicted octanol–water partition coefficient (Wildman–Crippen LogP) is 5.73. The third-order valence-corrected chi connectivity index (χ3v) is 6.92. The predicted molar refractivity (Wildman–Crippen MR) is 125 cm³/mol. The molecule has 2 aromatic carbocycles. The first kappa shape index (κ1) is 23.8. The summed E-state index contributed by atoms with van der Waals surface area (Å²) in [6.07, 6.45) is 2.91. The molecule has 5 heteroatoms. The molecule has 0 radical (unpaired) electrons. The SMILES string of the molecule is Cc1ccc(C(SCCCN2CCC[C@@H](C(=O)O)C2)c2ccc(C)cc2)cc1.Cl. The number of benzene rings is 2. The van der Waals surface area contributed by atoms with Crippen LogP contribution in [-0.2, 0) is 4.79 Å². The summed E-state index contributed by atoms with van der Waals surface area (Å²) >= 11 is 1.99. The Bertz CT molecular complexity index is 718. The number of thioether (sulfide) groups is 1. The first-order valence-corrected chi connectivity index (χ1v) is 11.3. The molecule has 0 amide bonds. The molecule has 158 valence electrons. The fourth-order valence-corrected chi connectivity index (χ4v) is 5.05. The molecule has 1 N–H and O–H groups in total. The second-order valence-electron chi connectivity index (χ2n) is 7.90. The molecule has 0 unspecified atom stereocenters. The number of rotatable bonds is 8. The van der Waals surface area contributed by atoms with Crippen LogP contribution in [0.15, 0.2) is 48.5 Å². The monoisotopic (exact) mass is 433 g/mol. The van der Waals surface area contributed by atoms with Gasteiger partial charge < -0.3 is 10.0 Å². The average Bonchev–Trinajstić information content (AvgIpc) is 2.70. The lowest BCUT2D eigenvalue weighted by Crippen LogP contribution is -2.39. The standard InChI is InChI=1S/C24H31NO2S.ClH/c1-18-6-10-20(11-7-18)23(21-12-8-19(2)9-13-21)28-16-4-15-25-14-3-5-22(17-25)24(26)27;/h6-13,22-23H,3-5,14-17H2,1-2H3,(H,26,27);1H/t22-;/m1./s1. The van der Waals surface area contributed by atoms with Crippen molar-refractivity contribution in [2.75, 3.05) is 25.4 Å². The van der Waals surface area contributed by atoms with E-state index in [0.29, 0.717) is 11.8 Å². The number of likely N-dealkylation sites (tertiary alicyclic amines) is 1. The Morgan fingerprint density at radius 1 is 1.07 bits per heavy atom. The molecule has 1 aliphatic rings. The molecule has 0 spiro atoms. The van der Waals surface area contributed by atoms with Gasteiger partial charge in [-0.1, -0.05) is 59.7 Å². The Balaban J connectivity index is 0.00000300. The van der Waals surface area contributed by atoms with Crippen molar-refractivity contribution in [2.24, 2.45) is 5.92 Å². The molecule has 2 aromatic rings. The van der Waals surface area contributed by atoms with Crippen molar-refractivity contribution in [3.8, 4) is 0 Å². The zero-order chi connectivity index (χ0) is 19.9. The van der Waals surface area contributed by atoms with Crippen LogP contribution in [-0.4, -0.2) is 41.4 Å². The minimum Gasteiger partial charge on any atom is -0.481 e. The summed E-state index contributed by atoms with van der Waals surface area (Å²) in [7, 11) is 0. The van der Waals surface area contributed by atoms with E-state index in [9.17, 15) is 9.90 Å². The molecule has 1 atom stereocenters. The van der Waals surface area contributed by atoms with Gasteiger partial charge in [0.05, 0.1) is 11.2 Å². The van der Waals surface area contributed by atoms with E-state index in [1.807, 2.05) is 11.8 Å². The highest BCUT2D eigenvalue weighted by molar-refractivity contribution is 7.99. The number of aliphatic carboxylic acids is 1. The van der Waals surface area contributed by atoms with Gasteiger partial charge in [-0.2, -0.15) is 0 Å². The summed E-state index contributed by atoms with van der Waals surface area (Å²) in [5, 5.41) is 9.60. The van der Waals surface area contributed by atoms with Crippen LogP contribution in [0.3, 0.4) is 0 Å². The number of hydrogen-bond donors (Lipinski definition) is 1. The minimum atomic E-state index is -0.641. The zero-order valence-corrected chi connectivity index (χ0v) is 19.0. The largest absolute Gasteiger partial charge is 0.481 e. The van der Waals surface area contributed by atoms with Gasteiger partial charge in [-0.3, -0.25) is 4.79 Å². The summed E-state index contributed by atoms with van der Waals surface area (Å²) < 4.78 is 0. The van der Waals surface area contributed by atoms with Crippen LogP contribution in [0.1, 0.15) is 46.8 Å². The Hall–Kier alpha value is -1.49. The number of carboxylic acid groups (broad SMARTS) is 1. The molecule has 1 heterocycles. The summed E-state index contributed by atoms with van der Waals surface area (Å²) in [6, 6.07) is 17.7. The van der Waals surface area contributed by atoms with Gasteiger partial charge in [0.15, 0.2) is 0 Å². The lowest BCUT2D eigenvalue weighted by Gasteiger charge is -2.30. The van der Waals surface area contributed by atoms with Crippen molar-refractivity contribution in [1.29, 1.82) is 0 Å². The van der Waals surface area contributed by atoms with Gasteiger partial charge in [0.1, 0.15) is 0 Å². The maximum Gasteiger partial charge on any atom is 0.307 e. The molecule has 0 bridgehead atoms. The van der Waals surface area contributed by atoms with Crippen LogP contribution in [0.2, 0.25) is 0 Å². The summed E-state index contributed by atoms with van der Waals surface area (Å²) in [4.78, 5) is 13.6. The van der Waals surface area contributed by atoms with Crippen LogP contribution in [0, 0.1) is 19.8 Å². The van der Waals surface area contributed by atoms with Gasteiger partial charge in [0.25, 0.3) is 0 Å². The third kappa shape index (κ3) is 7.06. The maximum atomic E-state index is 11.3. The fourth-order valence-electron chi connectivity index (χ4n) is 3.82. The number of halogens is 1. The average molecular weight is 434 g/mol. The Morgan fingerprint density at radius 2 is 1.62 bits per heavy atom. The maximum absolute atomic E-state index is 11.3. The van der Waals surface area contributed by atoms with E-state index >= 15 is 0 Å². The molecule has 1 saturated heterocycles. The van der Waals surface area contributed by atoms with Crippen LogP contribution in [0.25, 0.3) is 0 Å². The Kier molecular flexibility index (Phi) is 9.54. The van der Waals surface area contributed by atoms with E-state index in [0.717, 1.165) is 38.1 Å². The molecule has 0 saturated carbocycles. The molecule has 0 aliphatic carbocycles. The molecule has 29 heavy (non-hydrogen) atoms. The first-order chi connectivity index (χ1) is 13.5. The van der Waals surface area contributed by atoms with Crippen LogP contribution in [0.5, 0.6) is 0 Å². The van der Waals surface area contributed by atoms with Crippen LogP contribution in [0.4, 0.5) is 0 Å². The van der Waals surface area contributed by atoms with Gasteiger partial charge in [-0.15, -0.1) is 24.2 Å². The van der Waals surface area contributed by atoms with Crippen molar-refractivity contribution in [1.82, 2.24) is 4.90 Å². The fraction of sp³-hybridized carbons (Fsp3) is 0.458. The van der Waals surface area contributed by atoms with E-state index in [1.54, 1.807) is 0 Å². The smallest absolute Gasteiger partial charge is 0.307 e. The highest BCUT2D eigenvalue weighted by Gasteiger charge is 2.25. The summed E-state index contributed by atoms with van der Waals surface area (Å²) in [6.45, 7) is 6.99. The zero-order valence-electron chi connectivity index (χ0n) is 17.3. The second-order valence-corrected chi connectivity index (χ2v) is 9.12. The third-order valence-electron chi connectivity index (χ3n) is 5.52. The first-order valence-electron chi connectivity index (χ1n) is 10.2. The number of hydrogen-bond acceptors (Lipinski definition) is 3. The quantitative estimate of drug-likeness (QED) is 0.539. The van der Waals surface area contributed by atoms with E-state index in [4.69, 9.17) is 0 Å². The number of carbonyl (C=O) groups is 1. The molecule has 3 nitrogen and oxygen atoms in total. The highest BCUT2D eigenvalue weighted by atomic mass is 35.5. The van der Waals surface area contributed by atoms with Crippen molar-refractivity contribution in [3.05, 3.63) is 70.8 Å². The summed E-state index contributed by atoms with van der Waals surface area (Å²) in [5.74, 6) is 0.243. The van der Waals surface area contributed by atoms with E-state index in [-0.39, 0.29) is 18.3 Å². The molecule has 1 aliphatic heterocycles. The summed E-state index contributed by atoms with van der Waals surface area (Å²) in [5.41, 5.74) is 5.27. The Morgan fingerprint density at radius 3 is 2.14 bits per heavy atom. The second kappa shape index (κ2) is 11.6. The van der Waals surface area contributed by atoms with Crippen molar-refractivity contribution < 1.29 is 9.90 Å². The van der Waals surface area contributed by atoms with Gasteiger partial charge in [-0.25, -0.2) is 0 Å². The van der Waals surface area contributed by atoms with Crippen LogP contribution < -0.4 is 0 Å². The topological polar surface area (TPSA) is 40.5 Å². The molecule has 0 aromatic heterocycles. The van der Waals surface area contributed by atoms with Gasteiger partial charge in [0.2, 0.25) is 0 Å². The van der Waals surface area contributed by atoms with Crippen LogP contribution >= 0.6 is 24.2 Å². The van der Waals surface area contributed by atoms with Crippen molar-refractivity contribution in [2.45, 2.75) is 38.4 Å². The number of piperidine rings is 1. The Labute approximate surface area is 185 Å². The molecule has 3 rings (SSSR count). The lowest BCUT2D eigenvalue weighted by molar-refractivity contribution is -0.143. The number of nitrogens with zero attached hydrogens (tertiary/aromatic N) is 1. The number of aryl methyl sites for hydroxylation is 2. The van der Waals surface area contributed by atoms with E-state index in [1.165, 1.54) is 22.3 Å².